The van der Waals surface area contributed by atoms with E-state index in [0.29, 0.717) is 12.1 Å². The predicted octanol–water partition coefficient (Wildman–Crippen LogP) is 3.94. The Kier molecular flexibility index (Phi) is 5.20. The minimum absolute atomic E-state index is 0.170. The lowest BCUT2D eigenvalue weighted by Crippen LogP contribution is -2.29. The number of carbonyl (C=O) groups excluding carboxylic acids is 1. The summed E-state index contributed by atoms with van der Waals surface area (Å²) in [5.41, 5.74) is -0.0237. The Morgan fingerprint density at radius 1 is 1.32 bits per heavy atom. The molecular weight excluding hydrogens is 257 g/mol. The fraction of sp³-hybridized carbons (Fsp3) is 0.462. The average molecular weight is 274 g/mol. The van der Waals surface area contributed by atoms with E-state index >= 15 is 0 Å². The number of carbonyl (C=O) groups is 1. The smallest absolute Gasteiger partial charge is 0.338 e. The van der Waals surface area contributed by atoms with Gasteiger partial charge in [-0.15, -0.1) is 0 Å². The number of unbranched alkanes of at least 4 members (excludes halogenated alkanes) is 1. The quantitative estimate of drug-likeness (QED) is 0.802. The van der Waals surface area contributed by atoms with Crippen molar-refractivity contribution in [1.29, 1.82) is 0 Å². The molecule has 1 aromatic carbocycles. The van der Waals surface area contributed by atoms with Crippen molar-refractivity contribution in [3.63, 3.8) is 0 Å². The van der Waals surface area contributed by atoms with Gasteiger partial charge in [0.1, 0.15) is 0 Å². The molecule has 2 N–H and O–H groups in total. The second-order valence-electron chi connectivity index (χ2n) is 4.26. The molecule has 19 heavy (non-hydrogen) atoms. The van der Waals surface area contributed by atoms with Crippen LogP contribution in [0.5, 0.6) is 0 Å². The Morgan fingerprint density at radius 3 is 2.58 bits per heavy atom. The van der Waals surface area contributed by atoms with E-state index in [0.717, 1.165) is 25.0 Å². The molecule has 106 valence electrons. The first-order chi connectivity index (χ1) is 8.84. The molecule has 0 unspecified atom stereocenters. The van der Waals surface area contributed by atoms with Crippen LogP contribution in [0.4, 0.5) is 23.7 Å². The fourth-order valence-corrected chi connectivity index (χ4v) is 1.48. The third-order valence-electron chi connectivity index (χ3n) is 2.63. The highest BCUT2D eigenvalue weighted by molar-refractivity contribution is 5.90. The number of nitrogens with one attached hydrogen (secondary N) is 2. The van der Waals surface area contributed by atoms with Crippen molar-refractivity contribution >= 4 is 11.7 Å². The summed E-state index contributed by atoms with van der Waals surface area (Å²) in [5.74, 6) is 0. The molecule has 0 aliphatic carbocycles. The minimum Gasteiger partial charge on any atom is -0.338 e. The molecule has 0 radical (unpaired) electrons. The van der Waals surface area contributed by atoms with Crippen molar-refractivity contribution in [2.24, 2.45) is 0 Å². The van der Waals surface area contributed by atoms with Gasteiger partial charge in [-0.1, -0.05) is 19.4 Å². The van der Waals surface area contributed by atoms with Crippen molar-refractivity contribution < 1.29 is 18.0 Å². The first-order valence-corrected chi connectivity index (χ1v) is 6.07. The van der Waals surface area contributed by atoms with Gasteiger partial charge >= 0.3 is 12.2 Å². The number of alkyl halides is 3. The molecule has 1 aromatic rings. The molecule has 6 heteroatoms. The average Bonchev–Trinajstić information content (AvgIpc) is 2.31. The standard InChI is InChI=1S/C13H17F3N2O/c1-3-4-7-17-12(19)18-11-8-10(13(14,15)16)6-5-9(11)2/h5-6,8H,3-4,7H2,1-2H3,(H2,17,18,19). The van der Waals surface area contributed by atoms with Crippen LogP contribution in [0, 0.1) is 6.92 Å². The molecule has 0 bridgehead atoms. The van der Waals surface area contributed by atoms with Crippen LogP contribution < -0.4 is 10.6 Å². The highest BCUT2D eigenvalue weighted by Crippen LogP contribution is 2.31. The zero-order valence-corrected chi connectivity index (χ0v) is 10.9. The molecule has 0 aliphatic heterocycles. The third kappa shape index (κ3) is 4.81. The maximum atomic E-state index is 12.6. The number of benzene rings is 1. The lowest BCUT2D eigenvalue weighted by atomic mass is 10.1. The minimum atomic E-state index is -4.41. The van der Waals surface area contributed by atoms with E-state index in [1.807, 2.05) is 6.92 Å². The van der Waals surface area contributed by atoms with Gasteiger partial charge in [-0.25, -0.2) is 4.79 Å². The maximum absolute atomic E-state index is 12.6. The van der Waals surface area contributed by atoms with Crippen LogP contribution in [0.3, 0.4) is 0 Å². The Morgan fingerprint density at radius 2 is 2.00 bits per heavy atom. The number of hydrogen-bond donors (Lipinski definition) is 2. The van der Waals surface area contributed by atoms with Crippen LogP contribution in [0.2, 0.25) is 0 Å². The Bertz CT molecular complexity index is 444. The van der Waals surface area contributed by atoms with Crippen molar-refractivity contribution in [2.45, 2.75) is 32.9 Å². The molecule has 0 saturated heterocycles. The number of urea groups is 1. The highest BCUT2D eigenvalue weighted by Gasteiger charge is 2.30. The zero-order chi connectivity index (χ0) is 14.5. The number of anilines is 1. The highest BCUT2D eigenvalue weighted by atomic mass is 19.4. The van der Waals surface area contributed by atoms with Gasteiger partial charge in [0.05, 0.1) is 5.56 Å². The molecule has 0 fully saturated rings. The van der Waals surface area contributed by atoms with Gasteiger partial charge in [0.2, 0.25) is 0 Å². The normalized spacial score (nSPS) is 11.2. The van der Waals surface area contributed by atoms with E-state index in [-0.39, 0.29) is 5.69 Å². The van der Waals surface area contributed by atoms with E-state index in [1.165, 1.54) is 6.07 Å². The zero-order valence-electron chi connectivity index (χ0n) is 10.9. The maximum Gasteiger partial charge on any atom is 0.416 e. The second-order valence-corrected chi connectivity index (χ2v) is 4.26. The molecule has 0 atom stereocenters. The van der Waals surface area contributed by atoms with Crippen LogP contribution in [-0.2, 0) is 6.18 Å². The molecule has 3 nitrogen and oxygen atoms in total. The number of hydrogen-bond acceptors (Lipinski definition) is 1. The summed E-state index contributed by atoms with van der Waals surface area (Å²) >= 11 is 0. The lowest BCUT2D eigenvalue weighted by Gasteiger charge is -2.13. The monoisotopic (exact) mass is 274 g/mol. The first kappa shape index (κ1) is 15.3. The van der Waals surface area contributed by atoms with E-state index in [4.69, 9.17) is 0 Å². The number of amides is 2. The summed E-state index contributed by atoms with van der Waals surface area (Å²) < 4.78 is 37.7. The summed E-state index contributed by atoms with van der Waals surface area (Å²) in [7, 11) is 0. The van der Waals surface area contributed by atoms with Crippen molar-refractivity contribution in [2.75, 3.05) is 11.9 Å². The molecule has 0 spiro atoms. The number of aryl methyl sites for hydroxylation is 1. The van der Waals surface area contributed by atoms with Crippen molar-refractivity contribution in [1.82, 2.24) is 5.32 Å². The van der Waals surface area contributed by atoms with E-state index in [9.17, 15) is 18.0 Å². The summed E-state index contributed by atoms with van der Waals surface area (Å²) in [5, 5.41) is 5.02. The van der Waals surface area contributed by atoms with Gasteiger partial charge < -0.3 is 10.6 Å². The molecule has 0 saturated carbocycles. The lowest BCUT2D eigenvalue weighted by molar-refractivity contribution is -0.137. The molecule has 0 aliphatic rings. The summed E-state index contributed by atoms with van der Waals surface area (Å²) in [6, 6.07) is 2.78. The molecular formula is C13H17F3N2O. The van der Waals surface area contributed by atoms with Gasteiger partial charge in [0.25, 0.3) is 0 Å². The van der Waals surface area contributed by atoms with Gasteiger partial charge in [-0.2, -0.15) is 13.2 Å². The molecule has 0 heterocycles. The predicted molar refractivity (Wildman–Crippen MR) is 68.1 cm³/mol. The van der Waals surface area contributed by atoms with Gasteiger partial charge in [0, 0.05) is 12.2 Å². The summed E-state index contributed by atoms with van der Waals surface area (Å²) in [6.07, 6.45) is -2.65. The van der Waals surface area contributed by atoms with Crippen molar-refractivity contribution in [3.05, 3.63) is 29.3 Å². The van der Waals surface area contributed by atoms with E-state index in [2.05, 4.69) is 10.6 Å². The Balaban J connectivity index is 2.74. The van der Waals surface area contributed by atoms with E-state index in [1.54, 1.807) is 6.92 Å². The molecule has 1 rings (SSSR count). The van der Waals surface area contributed by atoms with Crippen LogP contribution in [-0.4, -0.2) is 12.6 Å². The molecule has 2 amide bonds. The fourth-order valence-electron chi connectivity index (χ4n) is 1.48. The van der Waals surface area contributed by atoms with Crippen molar-refractivity contribution in [3.8, 4) is 0 Å². The molecule has 0 aromatic heterocycles. The van der Waals surface area contributed by atoms with Crippen LogP contribution >= 0.6 is 0 Å². The van der Waals surface area contributed by atoms with E-state index < -0.39 is 17.8 Å². The second kappa shape index (κ2) is 6.45. The van der Waals surface area contributed by atoms with Crippen LogP contribution in [0.15, 0.2) is 18.2 Å². The number of rotatable bonds is 4. The first-order valence-electron chi connectivity index (χ1n) is 6.07. The largest absolute Gasteiger partial charge is 0.416 e. The van der Waals surface area contributed by atoms with Gasteiger partial charge in [-0.05, 0) is 31.0 Å². The SMILES string of the molecule is CCCCNC(=O)Nc1cc(C(F)(F)F)ccc1C. The number of halogens is 3. The topological polar surface area (TPSA) is 41.1 Å². The summed E-state index contributed by atoms with van der Waals surface area (Å²) in [4.78, 5) is 11.5. The Labute approximate surface area is 110 Å². The Hall–Kier alpha value is -1.72. The van der Waals surface area contributed by atoms with Crippen LogP contribution in [0.25, 0.3) is 0 Å². The van der Waals surface area contributed by atoms with Gasteiger partial charge in [-0.3, -0.25) is 0 Å². The van der Waals surface area contributed by atoms with Crippen LogP contribution in [0.1, 0.15) is 30.9 Å². The third-order valence-corrected chi connectivity index (χ3v) is 2.63. The van der Waals surface area contributed by atoms with Gasteiger partial charge in [0.15, 0.2) is 0 Å². The summed E-state index contributed by atoms with van der Waals surface area (Å²) in [6.45, 7) is 4.12.